The van der Waals surface area contributed by atoms with Crippen LogP contribution in [0.1, 0.15) is 21.5 Å². The maximum atomic E-state index is 13.0. The molecule has 2 aromatic heterocycles. The van der Waals surface area contributed by atoms with Crippen molar-refractivity contribution in [3.8, 4) is 5.82 Å². The second-order valence-electron chi connectivity index (χ2n) is 8.92. The number of hydrogen-bond acceptors (Lipinski definition) is 5. The van der Waals surface area contributed by atoms with Crippen molar-refractivity contribution >= 4 is 16.9 Å². The quantitative estimate of drug-likeness (QED) is 0.371. The van der Waals surface area contributed by atoms with Gasteiger partial charge < -0.3 is 15.6 Å². The lowest BCUT2D eigenvalue weighted by Crippen LogP contribution is -2.55. The number of benzene rings is 2. The predicted octanol–water partition coefficient (Wildman–Crippen LogP) is 2.94. The summed E-state index contributed by atoms with van der Waals surface area (Å²) in [6.45, 7) is 3.68. The number of imidazole rings is 1. The number of nitrogens with zero attached hydrogens (tertiary/aromatic N) is 3. The number of halogens is 3. The summed E-state index contributed by atoms with van der Waals surface area (Å²) in [7, 11) is 0. The van der Waals surface area contributed by atoms with Crippen molar-refractivity contribution in [1.82, 2.24) is 30.1 Å². The van der Waals surface area contributed by atoms with Crippen LogP contribution in [0.25, 0.3) is 16.9 Å². The number of amides is 1. The first kappa shape index (κ1) is 24.7. The number of aromatic nitrogens is 3. The standard InChI is InChI=1S/C26H25F3N6O2/c27-26(28,29)19-7-9-23(31-13-19)35-22-12-18(6-8-21(22)33-25(35)37)24(36)32-15-20-14-30-10-11-34(20)16-17-4-2-1-3-5-17/h1-9,12-13,20,30H,10-11,14-16H2,(H,32,36)(H,33,37). The summed E-state index contributed by atoms with van der Waals surface area (Å²) in [5.74, 6) is -0.292. The highest BCUT2D eigenvalue weighted by atomic mass is 19.4. The van der Waals surface area contributed by atoms with Gasteiger partial charge in [0, 0.05) is 50.5 Å². The normalized spacial score (nSPS) is 16.7. The number of rotatable bonds is 6. The second kappa shape index (κ2) is 10.2. The number of H-pyrrole nitrogens is 1. The third-order valence-electron chi connectivity index (χ3n) is 6.45. The van der Waals surface area contributed by atoms with Gasteiger partial charge in [-0.3, -0.25) is 9.69 Å². The van der Waals surface area contributed by atoms with E-state index in [0.717, 1.165) is 42.9 Å². The average molecular weight is 511 g/mol. The smallest absolute Gasteiger partial charge is 0.350 e. The zero-order valence-corrected chi connectivity index (χ0v) is 19.8. The first-order chi connectivity index (χ1) is 17.8. The lowest BCUT2D eigenvalue weighted by atomic mass is 10.1. The van der Waals surface area contributed by atoms with Crippen LogP contribution in [-0.2, 0) is 12.7 Å². The Bertz CT molecular complexity index is 1450. The summed E-state index contributed by atoms with van der Waals surface area (Å²) in [5, 5.41) is 6.35. The highest BCUT2D eigenvalue weighted by molar-refractivity contribution is 5.97. The van der Waals surface area contributed by atoms with Gasteiger partial charge in [-0.05, 0) is 35.9 Å². The van der Waals surface area contributed by atoms with Crippen LogP contribution >= 0.6 is 0 Å². The van der Waals surface area contributed by atoms with Crippen LogP contribution in [0.3, 0.4) is 0 Å². The summed E-state index contributed by atoms with van der Waals surface area (Å²) in [6, 6.07) is 17.0. The molecule has 5 rings (SSSR count). The van der Waals surface area contributed by atoms with E-state index < -0.39 is 17.4 Å². The predicted molar refractivity (Wildman–Crippen MR) is 133 cm³/mol. The minimum atomic E-state index is -4.54. The molecule has 4 aromatic rings. The van der Waals surface area contributed by atoms with Gasteiger partial charge in [0.2, 0.25) is 0 Å². The van der Waals surface area contributed by atoms with Crippen LogP contribution in [0.5, 0.6) is 0 Å². The molecule has 1 aliphatic heterocycles. The zero-order chi connectivity index (χ0) is 26.0. The van der Waals surface area contributed by atoms with E-state index in [0.29, 0.717) is 29.3 Å². The highest BCUT2D eigenvalue weighted by Gasteiger charge is 2.31. The number of piperazine rings is 1. The Kier molecular flexibility index (Phi) is 6.81. The molecule has 1 atom stereocenters. The molecule has 1 fully saturated rings. The van der Waals surface area contributed by atoms with Gasteiger partial charge >= 0.3 is 11.9 Å². The van der Waals surface area contributed by atoms with Crippen LogP contribution in [-0.4, -0.2) is 57.6 Å². The highest BCUT2D eigenvalue weighted by Crippen LogP contribution is 2.29. The van der Waals surface area contributed by atoms with Crippen molar-refractivity contribution in [3.05, 3.63) is 94.0 Å². The summed E-state index contributed by atoms with van der Waals surface area (Å²) in [5.41, 5.74) is 0.829. The van der Waals surface area contributed by atoms with Gasteiger partial charge in [-0.2, -0.15) is 13.2 Å². The summed E-state index contributed by atoms with van der Waals surface area (Å²) in [6.07, 6.45) is -3.86. The van der Waals surface area contributed by atoms with Gasteiger partial charge in [0.1, 0.15) is 5.82 Å². The molecule has 8 nitrogen and oxygen atoms in total. The number of carbonyl (C=O) groups is 1. The van der Waals surface area contributed by atoms with E-state index in [4.69, 9.17) is 0 Å². The first-order valence-corrected chi connectivity index (χ1v) is 11.8. The van der Waals surface area contributed by atoms with Crippen molar-refractivity contribution in [3.63, 3.8) is 0 Å². The Morgan fingerprint density at radius 3 is 2.65 bits per heavy atom. The molecule has 11 heteroatoms. The number of nitrogens with one attached hydrogen (secondary N) is 3. The van der Waals surface area contributed by atoms with Crippen LogP contribution in [0.2, 0.25) is 0 Å². The van der Waals surface area contributed by atoms with E-state index in [1.807, 2.05) is 18.2 Å². The van der Waals surface area contributed by atoms with Gasteiger partial charge in [-0.25, -0.2) is 14.3 Å². The summed E-state index contributed by atoms with van der Waals surface area (Å²) in [4.78, 5) is 34.4. The molecule has 1 amide bonds. The number of pyridine rings is 1. The molecule has 37 heavy (non-hydrogen) atoms. The van der Waals surface area contributed by atoms with E-state index in [1.165, 1.54) is 11.6 Å². The Balaban J connectivity index is 1.33. The van der Waals surface area contributed by atoms with Gasteiger partial charge in [-0.1, -0.05) is 30.3 Å². The minimum absolute atomic E-state index is 0.0200. The Labute approximate surface area is 210 Å². The average Bonchev–Trinajstić information content (AvgIpc) is 3.23. The van der Waals surface area contributed by atoms with Gasteiger partial charge in [0.15, 0.2) is 0 Å². The van der Waals surface area contributed by atoms with Crippen molar-refractivity contribution in [2.75, 3.05) is 26.2 Å². The molecule has 0 bridgehead atoms. The molecule has 1 unspecified atom stereocenters. The Morgan fingerprint density at radius 1 is 1.11 bits per heavy atom. The Morgan fingerprint density at radius 2 is 1.92 bits per heavy atom. The molecule has 1 aliphatic rings. The van der Waals surface area contributed by atoms with Crippen LogP contribution in [0.15, 0.2) is 71.7 Å². The van der Waals surface area contributed by atoms with Crippen molar-refractivity contribution < 1.29 is 18.0 Å². The van der Waals surface area contributed by atoms with Crippen molar-refractivity contribution in [2.45, 2.75) is 18.8 Å². The van der Waals surface area contributed by atoms with Crippen molar-refractivity contribution in [2.24, 2.45) is 0 Å². The fraction of sp³-hybridized carbons (Fsp3) is 0.269. The van der Waals surface area contributed by atoms with Crippen molar-refractivity contribution in [1.29, 1.82) is 0 Å². The number of fused-ring (bicyclic) bond motifs is 1. The maximum absolute atomic E-state index is 13.0. The molecular formula is C26H25F3N6O2. The van der Waals surface area contributed by atoms with Gasteiger partial charge in [-0.15, -0.1) is 0 Å². The number of aromatic amines is 1. The number of hydrogen-bond donors (Lipinski definition) is 3. The number of carbonyl (C=O) groups excluding carboxylic acids is 1. The molecule has 0 spiro atoms. The molecule has 2 aromatic carbocycles. The lowest BCUT2D eigenvalue weighted by molar-refractivity contribution is -0.137. The van der Waals surface area contributed by atoms with E-state index in [9.17, 15) is 22.8 Å². The fourth-order valence-electron chi connectivity index (χ4n) is 4.50. The van der Waals surface area contributed by atoms with E-state index in [-0.39, 0.29) is 17.8 Å². The molecule has 3 heterocycles. The van der Waals surface area contributed by atoms with E-state index in [2.05, 4.69) is 37.6 Å². The molecular weight excluding hydrogens is 485 g/mol. The SMILES string of the molecule is O=C(NCC1CNCCN1Cc1ccccc1)c1ccc2[nH]c(=O)n(-c3ccc(C(F)(F)F)cn3)c2c1. The molecule has 0 saturated carbocycles. The molecule has 0 aliphatic carbocycles. The molecule has 3 N–H and O–H groups in total. The third kappa shape index (κ3) is 5.42. The molecule has 192 valence electrons. The third-order valence-corrected chi connectivity index (χ3v) is 6.45. The summed E-state index contributed by atoms with van der Waals surface area (Å²) < 4.78 is 39.9. The molecule has 1 saturated heterocycles. The fourth-order valence-corrected chi connectivity index (χ4v) is 4.50. The lowest BCUT2D eigenvalue weighted by Gasteiger charge is -2.36. The monoisotopic (exact) mass is 510 g/mol. The minimum Gasteiger partial charge on any atom is -0.350 e. The van der Waals surface area contributed by atoms with E-state index >= 15 is 0 Å². The molecule has 0 radical (unpaired) electrons. The van der Waals surface area contributed by atoms with E-state index in [1.54, 1.807) is 12.1 Å². The topological polar surface area (TPSA) is 95.0 Å². The van der Waals surface area contributed by atoms with Gasteiger partial charge in [0.05, 0.1) is 16.6 Å². The second-order valence-corrected chi connectivity index (χ2v) is 8.92. The van der Waals surface area contributed by atoms with Crippen LogP contribution < -0.4 is 16.3 Å². The van der Waals surface area contributed by atoms with Crippen LogP contribution in [0, 0.1) is 0 Å². The zero-order valence-electron chi connectivity index (χ0n) is 19.8. The van der Waals surface area contributed by atoms with Gasteiger partial charge in [0.25, 0.3) is 5.91 Å². The number of alkyl halides is 3. The first-order valence-electron chi connectivity index (χ1n) is 11.8. The maximum Gasteiger partial charge on any atom is 0.417 e. The van der Waals surface area contributed by atoms with Crippen LogP contribution in [0.4, 0.5) is 13.2 Å². The summed E-state index contributed by atoms with van der Waals surface area (Å²) >= 11 is 0. The Hall–Kier alpha value is -3.96. The largest absolute Gasteiger partial charge is 0.417 e.